The lowest BCUT2D eigenvalue weighted by Crippen LogP contribution is -2.28. The van der Waals surface area contributed by atoms with E-state index in [2.05, 4.69) is 4.57 Å². The number of halogens is 2. The van der Waals surface area contributed by atoms with Crippen LogP contribution in [-0.4, -0.2) is 34.1 Å². The van der Waals surface area contributed by atoms with Crippen LogP contribution in [0.1, 0.15) is 29.2 Å². The molecule has 1 atom stereocenters. The Morgan fingerprint density at radius 2 is 1.61 bits per heavy atom. The molecule has 1 aromatic heterocycles. The summed E-state index contributed by atoms with van der Waals surface area (Å²) in [6.45, 7) is 0.587. The summed E-state index contributed by atoms with van der Waals surface area (Å²) < 4.78 is 34.5. The number of ether oxygens (including phenoxy) is 1. The van der Waals surface area contributed by atoms with Crippen molar-refractivity contribution in [3.05, 3.63) is 132 Å². The van der Waals surface area contributed by atoms with Crippen LogP contribution in [0.3, 0.4) is 0 Å². The molecule has 1 aliphatic rings. The summed E-state index contributed by atoms with van der Waals surface area (Å²) in [5.41, 5.74) is 4.55. The minimum atomic E-state index is -0.333. The second-order valence-corrected chi connectivity index (χ2v) is 10.9. The lowest BCUT2D eigenvalue weighted by Gasteiger charge is -2.22. The highest BCUT2D eigenvalue weighted by Crippen LogP contribution is 2.36. The van der Waals surface area contributed by atoms with E-state index in [1.165, 1.54) is 41.0 Å². The van der Waals surface area contributed by atoms with Gasteiger partial charge in [0, 0.05) is 35.0 Å². The summed E-state index contributed by atoms with van der Waals surface area (Å²) >= 11 is 1.46. The topological polar surface area (TPSA) is 46.8 Å². The van der Waals surface area contributed by atoms with E-state index < -0.39 is 0 Å². The fraction of sp³-hybridized carbons (Fsp3) is 0.152. The lowest BCUT2D eigenvalue weighted by atomic mass is 9.98. The van der Waals surface area contributed by atoms with Gasteiger partial charge in [0.05, 0.1) is 24.6 Å². The molecule has 1 amide bonds. The summed E-state index contributed by atoms with van der Waals surface area (Å²) in [6, 6.07) is 28.0. The third-order valence-electron chi connectivity index (χ3n) is 7.21. The van der Waals surface area contributed by atoms with Crippen LogP contribution in [0.25, 0.3) is 10.9 Å². The van der Waals surface area contributed by atoms with Crippen LogP contribution in [0.15, 0.2) is 113 Å². The number of hydrazone groups is 1. The fourth-order valence-corrected chi connectivity index (χ4v) is 6.03. The van der Waals surface area contributed by atoms with Gasteiger partial charge in [0.1, 0.15) is 17.4 Å². The van der Waals surface area contributed by atoms with Gasteiger partial charge in [-0.15, -0.1) is 11.8 Å². The smallest absolute Gasteiger partial charge is 0.253 e. The number of nitrogens with zero attached hydrogens (tertiary/aromatic N) is 3. The summed E-state index contributed by atoms with van der Waals surface area (Å²) in [4.78, 5) is 14.7. The Bertz CT molecular complexity index is 1720. The minimum absolute atomic E-state index is 0.136. The average molecular weight is 568 g/mol. The first-order valence-electron chi connectivity index (χ1n) is 13.2. The van der Waals surface area contributed by atoms with Crippen LogP contribution in [0.4, 0.5) is 8.78 Å². The SMILES string of the molecule is COc1ccc(C2=NN(C(=O)CSc3cn(Cc4ccc(F)cc4)c4ccccc34)[C@H](c3ccc(F)cc3)C2)cc1. The first kappa shape index (κ1) is 26.8. The Balaban J connectivity index is 1.25. The number of para-hydroxylation sites is 1. The third-order valence-corrected chi connectivity index (χ3v) is 8.24. The molecule has 8 heteroatoms. The first-order chi connectivity index (χ1) is 20.0. The number of hydrogen-bond acceptors (Lipinski definition) is 4. The molecule has 0 saturated heterocycles. The van der Waals surface area contributed by atoms with E-state index in [1.807, 2.05) is 54.7 Å². The average Bonchev–Trinajstić information content (AvgIpc) is 3.60. The quantitative estimate of drug-likeness (QED) is 0.183. The summed E-state index contributed by atoms with van der Waals surface area (Å²) in [5.74, 6) is 0.198. The van der Waals surface area contributed by atoms with Gasteiger partial charge in [0.25, 0.3) is 5.91 Å². The maximum atomic E-state index is 13.7. The molecule has 4 aromatic carbocycles. The van der Waals surface area contributed by atoms with Gasteiger partial charge in [-0.3, -0.25) is 4.79 Å². The van der Waals surface area contributed by atoms with Crippen LogP contribution >= 0.6 is 11.8 Å². The molecule has 2 heterocycles. The zero-order chi connectivity index (χ0) is 28.3. The molecule has 0 N–H and O–H groups in total. The monoisotopic (exact) mass is 567 g/mol. The first-order valence-corrected chi connectivity index (χ1v) is 14.2. The predicted octanol–water partition coefficient (Wildman–Crippen LogP) is 7.45. The summed E-state index contributed by atoms with van der Waals surface area (Å²) in [5, 5.41) is 7.34. The molecule has 0 aliphatic carbocycles. The number of methoxy groups -OCH3 is 1. The van der Waals surface area contributed by atoms with Gasteiger partial charge in [-0.2, -0.15) is 5.10 Å². The van der Waals surface area contributed by atoms with Crippen LogP contribution in [0, 0.1) is 11.6 Å². The molecular weight excluding hydrogens is 540 g/mol. The van der Waals surface area contributed by atoms with Crippen molar-refractivity contribution in [1.82, 2.24) is 9.58 Å². The van der Waals surface area contributed by atoms with Crippen molar-refractivity contribution < 1.29 is 18.3 Å². The summed E-state index contributed by atoms with van der Waals surface area (Å²) in [6.07, 6.45) is 2.56. The molecule has 41 heavy (non-hydrogen) atoms. The van der Waals surface area contributed by atoms with E-state index in [9.17, 15) is 13.6 Å². The predicted molar refractivity (Wildman–Crippen MR) is 158 cm³/mol. The number of aromatic nitrogens is 1. The van der Waals surface area contributed by atoms with Gasteiger partial charge in [0.2, 0.25) is 0 Å². The fourth-order valence-electron chi connectivity index (χ4n) is 5.09. The highest BCUT2D eigenvalue weighted by molar-refractivity contribution is 8.00. The van der Waals surface area contributed by atoms with Crippen molar-refractivity contribution in [2.75, 3.05) is 12.9 Å². The van der Waals surface area contributed by atoms with Crippen molar-refractivity contribution in [3.63, 3.8) is 0 Å². The number of amides is 1. The second kappa shape index (κ2) is 11.6. The van der Waals surface area contributed by atoms with Gasteiger partial charge in [-0.05, 0) is 71.3 Å². The maximum absolute atomic E-state index is 13.7. The van der Waals surface area contributed by atoms with E-state index in [0.29, 0.717) is 13.0 Å². The van der Waals surface area contributed by atoms with E-state index in [1.54, 1.807) is 31.4 Å². The van der Waals surface area contributed by atoms with E-state index in [4.69, 9.17) is 9.84 Å². The third kappa shape index (κ3) is 5.74. The van der Waals surface area contributed by atoms with Crippen LogP contribution in [0.2, 0.25) is 0 Å². The van der Waals surface area contributed by atoms with Crippen molar-refractivity contribution >= 4 is 34.3 Å². The molecule has 5 nitrogen and oxygen atoms in total. The lowest BCUT2D eigenvalue weighted by molar-refractivity contribution is -0.130. The minimum Gasteiger partial charge on any atom is -0.497 e. The normalized spacial score (nSPS) is 14.9. The molecule has 6 rings (SSSR count). The molecule has 206 valence electrons. The number of thioether (sulfide) groups is 1. The van der Waals surface area contributed by atoms with E-state index in [-0.39, 0.29) is 29.3 Å². The van der Waals surface area contributed by atoms with Crippen molar-refractivity contribution in [2.45, 2.75) is 23.9 Å². The Hall–Kier alpha value is -4.43. The number of benzene rings is 4. The van der Waals surface area contributed by atoms with E-state index in [0.717, 1.165) is 43.9 Å². The highest BCUT2D eigenvalue weighted by Gasteiger charge is 2.33. The Morgan fingerprint density at radius 1 is 0.927 bits per heavy atom. The Morgan fingerprint density at radius 3 is 2.32 bits per heavy atom. The number of rotatable bonds is 8. The molecule has 0 radical (unpaired) electrons. The number of fused-ring (bicyclic) bond motifs is 1. The molecule has 0 saturated carbocycles. The van der Waals surface area contributed by atoms with Crippen molar-refractivity contribution in [2.24, 2.45) is 5.10 Å². The number of hydrogen-bond donors (Lipinski definition) is 0. The van der Waals surface area contributed by atoms with Gasteiger partial charge >= 0.3 is 0 Å². The number of carbonyl (C=O) groups excluding carboxylic acids is 1. The van der Waals surface area contributed by atoms with Crippen molar-refractivity contribution in [3.8, 4) is 5.75 Å². The van der Waals surface area contributed by atoms with E-state index >= 15 is 0 Å². The van der Waals surface area contributed by atoms with Crippen LogP contribution in [-0.2, 0) is 11.3 Å². The maximum Gasteiger partial charge on any atom is 0.253 e. The standard InChI is InChI=1S/C33H27F2N3O2S/c1-40-27-16-10-23(11-17-27)29-18-31(24-8-14-26(35)15-9-24)38(36-29)33(39)21-41-32-20-37(30-5-3-2-4-28(30)32)19-22-6-12-25(34)13-7-22/h2-17,20,31H,18-19,21H2,1H3/t31-/m0/s1. The zero-order valence-corrected chi connectivity index (χ0v) is 23.2. The summed E-state index contributed by atoms with van der Waals surface area (Å²) in [7, 11) is 1.62. The molecule has 5 aromatic rings. The molecule has 0 fully saturated rings. The van der Waals surface area contributed by atoms with Gasteiger partial charge in [-0.1, -0.05) is 42.5 Å². The second-order valence-electron chi connectivity index (χ2n) is 9.84. The number of carbonyl (C=O) groups is 1. The highest BCUT2D eigenvalue weighted by atomic mass is 32.2. The largest absolute Gasteiger partial charge is 0.497 e. The zero-order valence-electron chi connectivity index (χ0n) is 22.3. The molecule has 0 unspecified atom stereocenters. The molecule has 0 spiro atoms. The molecule has 0 bridgehead atoms. The van der Waals surface area contributed by atoms with Crippen LogP contribution in [0.5, 0.6) is 5.75 Å². The van der Waals surface area contributed by atoms with Crippen molar-refractivity contribution in [1.29, 1.82) is 0 Å². The van der Waals surface area contributed by atoms with Gasteiger partial charge in [-0.25, -0.2) is 13.8 Å². The van der Waals surface area contributed by atoms with Crippen LogP contribution < -0.4 is 4.74 Å². The molecular formula is C33H27F2N3O2S. The van der Waals surface area contributed by atoms with Gasteiger partial charge in [0.15, 0.2) is 0 Å². The van der Waals surface area contributed by atoms with Gasteiger partial charge < -0.3 is 9.30 Å². The Kier molecular flexibility index (Phi) is 7.57. The Labute approximate surface area is 241 Å². The molecule has 1 aliphatic heterocycles.